The van der Waals surface area contributed by atoms with E-state index in [2.05, 4.69) is 0 Å². The van der Waals surface area contributed by atoms with E-state index in [4.69, 9.17) is 14.2 Å². The molecule has 6 heteroatoms. The number of methoxy groups -OCH3 is 3. The maximum absolute atomic E-state index is 13.8. The molecule has 2 rings (SSSR count). The van der Waals surface area contributed by atoms with Gasteiger partial charge in [-0.25, -0.2) is 4.39 Å². The van der Waals surface area contributed by atoms with Crippen LogP contribution in [0.5, 0.6) is 5.75 Å². The highest BCUT2D eigenvalue weighted by Crippen LogP contribution is 2.53. The van der Waals surface area contributed by atoms with Crippen LogP contribution in [-0.4, -0.2) is 38.2 Å². The van der Waals surface area contributed by atoms with Crippen LogP contribution >= 0.6 is 0 Å². The van der Waals surface area contributed by atoms with Gasteiger partial charge in [0.15, 0.2) is 17.4 Å². The topological polar surface area (TPSA) is 65.0 Å². The van der Waals surface area contributed by atoms with Gasteiger partial charge in [-0.15, -0.1) is 0 Å². The summed E-state index contributed by atoms with van der Waals surface area (Å²) in [5.74, 6) is -2.45. The highest BCUT2D eigenvalue weighted by atomic mass is 19.1. The number of carboxylic acid groups (broad SMARTS) is 1. The molecule has 0 radical (unpaired) electrons. The Morgan fingerprint density at radius 1 is 1.25 bits per heavy atom. The molecule has 1 aromatic carbocycles. The van der Waals surface area contributed by atoms with Crippen LogP contribution in [-0.2, 0) is 19.7 Å². The fraction of sp³-hybridized carbons (Fsp3) is 0.500. The summed E-state index contributed by atoms with van der Waals surface area (Å²) in [6.45, 7) is 0. The predicted molar refractivity (Wildman–Crippen MR) is 68.2 cm³/mol. The Balaban J connectivity index is 2.37. The lowest BCUT2D eigenvalue weighted by Gasteiger charge is -2.51. The maximum Gasteiger partial charge on any atom is 0.314 e. The van der Waals surface area contributed by atoms with Crippen LogP contribution in [0.2, 0.25) is 0 Å². The van der Waals surface area contributed by atoms with E-state index in [0.29, 0.717) is 5.56 Å². The predicted octanol–water partition coefficient (Wildman–Crippen LogP) is 1.94. The molecule has 5 nitrogen and oxygen atoms in total. The average molecular weight is 284 g/mol. The molecular formula is C14H17FO5. The highest BCUT2D eigenvalue weighted by Gasteiger charge is 2.61. The third kappa shape index (κ3) is 2.05. The van der Waals surface area contributed by atoms with Gasteiger partial charge in [-0.2, -0.15) is 0 Å². The Hall–Kier alpha value is -1.66. The number of rotatable bonds is 5. The van der Waals surface area contributed by atoms with Crippen molar-refractivity contribution < 1.29 is 28.5 Å². The van der Waals surface area contributed by atoms with Gasteiger partial charge in [-0.05, 0) is 17.7 Å². The molecule has 1 aliphatic rings. The van der Waals surface area contributed by atoms with Gasteiger partial charge in [0.2, 0.25) is 0 Å². The van der Waals surface area contributed by atoms with Crippen molar-refractivity contribution in [2.75, 3.05) is 21.3 Å². The molecule has 1 saturated carbocycles. The van der Waals surface area contributed by atoms with E-state index in [9.17, 15) is 14.3 Å². The van der Waals surface area contributed by atoms with Crippen LogP contribution in [0.15, 0.2) is 18.2 Å². The summed E-state index contributed by atoms with van der Waals surface area (Å²) in [5, 5.41) is 9.51. The lowest BCUT2D eigenvalue weighted by atomic mass is 9.60. The molecule has 1 aliphatic carbocycles. The zero-order chi connectivity index (χ0) is 15.0. The molecule has 20 heavy (non-hydrogen) atoms. The van der Waals surface area contributed by atoms with Crippen molar-refractivity contribution >= 4 is 5.97 Å². The summed E-state index contributed by atoms with van der Waals surface area (Å²) in [6, 6.07) is 4.18. The van der Waals surface area contributed by atoms with Crippen LogP contribution < -0.4 is 4.74 Å². The van der Waals surface area contributed by atoms with Gasteiger partial charge in [0.05, 0.1) is 7.11 Å². The zero-order valence-corrected chi connectivity index (χ0v) is 11.6. The van der Waals surface area contributed by atoms with E-state index in [1.54, 1.807) is 6.07 Å². The zero-order valence-electron chi connectivity index (χ0n) is 11.6. The van der Waals surface area contributed by atoms with Crippen molar-refractivity contribution in [3.63, 3.8) is 0 Å². The van der Waals surface area contributed by atoms with Crippen LogP contribution in [0, 0.1) is 5.82 Å². The van der Waals surface area contributed by atoms with Crippen molar-refractivity contribution in [1.82, 2.24) is 0 Å². The molecular weight excluding hydrogens is 267 g/mol. The second-order valence-corrected chi connectivity index (χ2v) is 4.91. The minimum Gasteiger partial charge on any atom is -0.494 e. The third-order valence-corrected chi connectivity index (χ3v) is 4.00. The van der Waals surface area contributed by atoms with Gasteiger partial charge in [0.1, 0.15) is 5.41 Å². The van der Waals surface area contributed by atoms with Crippen molar-refractivity contribution in [1.29, 1.82) is 0 Å². The van der Waals surface area contributed by atoms with E-state index in [0.717, 1.165) is 0 Å². The molecule has 1 N–H and O–H groups in total. The number of benzene rings is 1. The molecule has 0 atom stereocenters. The number of carbonyl (C=O) groups is 1. The third-order valence-electron chi connectivity index (χ3n) is 4.00. The molecule has 0 unspecified atom stereocenters. The van der Waals surface area contributed by atoms with E-state index in [1.165, 1.54) is 33.5 Å². The minimum absolute atomic E-state index is 0.0818. The summed E-state index contributed by atoms with van der Waals surface area (Å²) in [4.78, 5) is 11.6. The van der Waals surface area contributed by atoms with Crippen LogP contribution in [0.4, 0.5) is 4.39 Å². The van der Waals surface area contributed by atoms with Crippen molar-refractivity contribution in [3.05, 3.63) is 29.6 Å². The minimum atomic E-state index is -1.20. The quantitative estimate of drug-likeness (QED) is 0.837. The molecule has 0 aliphatic heterocycles. The fourth-order valence-electron chi connectivity index (χ4n) is 2.68. The first-order valence-corrected chi connectivity index (χ1v) is 6.11. The normalized spacial score (nSPS) is 19.2. The smallest absolute Gasteiger partial charge is 0.314 e. The fourth-order valence-corrected chi connectivity index (χ4v) is 2.68. The van der Waals surface area contributed by atoms with Gasteiger partial charge in [0.25, 0.3) is 0 Å². The van der Waals surface area contributed by atoms with Crippen LogP contribution in [0.3, 0.4) is 0 Å². The van der Waals surface area contributed by atoms with Crippen LogP contribution in [0.1, 0.15) is 18.4 Å². The Bertz CT molecular complexity index is 516. The summed E-state index contributed by atoms with van der Waals surface area (Å²) in [7, 11) is 4.28. The number of ether oxygens (including phenoxy) is 3. The molecule has 1 fully saturated rings. The molecule has 0 heterocycles. The second-order valence-electron chi connectivity index (χ2n) is 4.91. The Morgan fingerprint density at radius 2 is 1.85 bits per heavy atom. The molecule has 1 aromatic rings. The SMILES string of the molecule is COc1ccc(C2(C(=O)O)CC(OC)(OC)C2)cc1F. The van der Waals surface area contributed by atoms with Crippen molar-refractivity contribution in [2.24, 2.45) is 0 Å². The summed E-state index contributed by atoms with van der Waals surface area (Å²) >= 11 is 0. The molecule has 0 aromatic heterocycles. The molecule has 0 spiro atoms. The van der Waals surface area contributed by atoms with Gasteiger partial charge in [-0.3, -0.25) is 4.79 Å². The van der Waals surface area contributed by atoms with Crippen molar-refractivity contribution in [3.8, 4) is 5.75 Å². The Morgan fingerprint density at radius 3 is 2.25 bits per heavy atom. The first-order valence-electron chi connectivity index (χ1n) is 6.11. The lowest BCUT2D eigenvalue weighted by molar-refractivity contribution is -0.277. The van der Waals surface area contributed by atoms with E-state index < -0.39 is 23.0 Å². The van der Waals surface area contributed by atoms with Crippen molar-refractivity contribution in [2.45, 2.75) is 24.0 Å². The summed E-state index contributed by atoms with van der Waals surface area (Å²) in [5.41, 5.74) is -0.813. The highest BCUT2D eigenvalue weighted by molar-refractivity contribution is 5.83. The number of hydrogen-bond donors (Lipinski definition) is 1. The van der Waals surface area contributed by atoms with E-state index in [-0.39, 0.29) is 18.6 Å². The van der Waals surface area contributed by atoms with E-state index >= 15 is 0 Å². The number of carboxylic acids is 1. The molecule has 110 valence electrons. The average Bonchev–Trinajstić information content (AvgIpc) is 2.39. The largest absolute Gasteiger partial charge is 0.494 e. The van der Waals surface area contributed by atoms with Gasteiger partial charge in [-0.1, -0.05) is 6.07 Å². The standard InChI is InChI=1S/C14H17FO5/c1-18-11-5-4-9(6-10(11)15)13(12(16)17)7-14(8-13,19-2)20-3/h4-6H,7-8H2,1-3H3,(H,16,17). The van der Waals surface area contributed by atoms with Gasteiger partial charge < -0.3 is 19.3 Å². The van der Waals surface area contributed by atoms with Crippen LogP contribution in [0.25, 0.3) is 0 Å². The number of halogens is 1. The monoisotopic (exact) mass is 284 g/mol. The van der Waals surface area contributed by atoms with E-state index in [1.807, 2.05) is 0 Å². The maximum atomic E-state index is 13.8. The lowest BCUT2D eigenvalue weighted by Crippen LogP contribution is -2.60. The second kappa shape index (κ2) is 5.03. The van der Waals surface area contributed by atoms with Gasteiger partial charge >= 0.3 is 5.97 Å². The molecule has 0 bridgehead atoms. The first-order chi connectivity index (χ1) is 9.43. The Kier molecular flexibility index (Phi) is 3.71. The first kappa shape index (κ1) is 14.7. The van der Waals surface area contributed by atoms with Gasteiger partial charge in [0, 0.05) is 27.1 Å². The summed E-state index contributed by atoms with van der Waals surface area (Å²) < 4.78 is 29.1. The Labute approximate surface area is 116 Å². The number of hydrogen-bond acceptors (Lipinski definition) is 4. The molecule has 0 amide bonds. The molecule has 0 saturated heterocycles. The number of aliphatic carboxylic acids is 1. The summed E-state index contributed by atoms with van der Waals surface area (Å²) in [6.07, 6.45) is 0.266.